The lowest BCUT2D eigenvalue weighted by Crippen LogP contribution is -2.55. The van der Waals surface area contributed by atoms with Gasteiger partial charge in [-0.25, -0.2) is 17.2 Å². The monoisotopic (exact) mass is 659 g/mol. The lowest BCUT2D eigenvalue weighted by atomic mass is 9.94. The number of sulfonamides is 1. The topological polar surface area (TPSA) is 86.8 Å². The molecule has 0 heterocycles. The van der Waals surface area contributed by atoms with Crippen LogP contribution in [0.1, 0.15) is 48.8 Å². The van der Waals surface area contributed by atoms with Gasteiger partial charge in [0, 0.05) is 19.0 Å². The lowest BCUT2D eigenvalue weighted by Gasteiger charge is -2.35. The molecule has 0 saturated heterocycles. The maximum absolute atomic E-state index is 14.5. The van der Waals surface area contributed by atoms with Crippen molar-refractivity contribution < 1.29 is 26.8 Å². The number of hydrogen-bond acceptors (Lipinski definition) is 4. The number of halogens is 2. The van der Waals surface area contributed by atoms with Crippen molar-refractivity contribution >= 4 is 27.5 Å². The van der Waals surface area contributed by atoms with Gasteiger partial charge < -0.3 is 10.2 Å². The first-order valence-corrected chi connectivity index (χ1v) is 17.3. The van der Waals surface area contributed by atoms with E-state index in [1.54, 1.807) is 36.4 Å². The molecule has 10 heteroatoms. The summed E-state index contributed by atoms with van der Waals surface area (Å²) in [5.41, 5.74) is 2.52. The zero-order chi connectivity index (χ0) is 33.4. The average molecular weight is 660 g/mol. The number of nitrogens with zero attached hydrogens (tertiary/aromatic N) is 2. The third-order valence-electron chi connectivity index (χ3n) is 8.49. The Bertz CT molecular complexity index is 1740. The molecule has 0 aromatic heterocycles. The number of carbonyl (C=O) groups excluding carboxylic acids is 2. The Morgan fingerprint density at radius 2 is 1.38 bits per heavy atom. The van der Waals surface area contributed by atoms with Crippen molar-refractivity contribution in [3.63, 3.8) is 0 Å². The van der Waals surface area contributed by atoms with Crippen molar-refractivity contribution in [3.05, 3.63) is 131 Å². The van der Waals surface area contributed by atoms with E-state index in [1.807, 2.05) is 37.3 Å². The molecule has 5 rings (SSSR count). The third-order valence-corrected chi connectivity index (χ3v) is 10.3. The van der Waals surface area contributed by atoms with Gasteiger partial charge >= 0.3 is 0 Å². The van der Waals surface area contributed by atoms with Crippen LogP contribution in [0.15, 0.2) is 108 Å². The van der Waals surface area contributed by atoms with Gasteiger partial charge in [-0.3, -0.25) is 13.9 Å². The van der Waals surface area contributed by atoms with Gasteiger partial charge in [0.1, 0.15) is 24.2 Å². The van der Waals surface area contributed by atoms with Crippen LogP contribution in [0.2, 0.25) is 0 Å². The Morgan fingerprint density at radius 1 is 0.787 bits per heavy atom. The molecule has 1 N–H and O–H groups in total. The maximum atomic E-state index is 14.5. The van der Waals surface area contributed by atoms with Crippen molar-refractivity contribution in [1.29, 1.82) is 0 Å². The zero-order valence-electron chi connectivity index (χ0n) is 26.3. The van der Waals surface area contributed by atoms with Crippen LogP contribution in [0.3, 0.4) is 0 Å². The summed E-state index contributed by atoms with van der Waals surface area (Å²) < 4.78 is 56.7. The molecule has 2 amide bonds. The minimum Gasteiger partial charge on any atom is -0.352 e. The van der Waals surface area contributed by atoms with E-state index in [0.717, 1.165) is 71.8 Å². The Labute approximate surface area is 275 Å². The molecule has 4 aromatic carbocycles. The number of aryl methyl sites for hydroxylation is 1. The molecule has 1 unspecified atom stereocenters. The highest BCUT2D eigenvalue weighted by molar-refractivity contribution is 7.92. The normalized spacial score (nSPS) is 14.3. The number of rotatable bonds is 12. The molecule has 4 aromatic rings. The van der Waals surface area contributed by atoms with E-state index in [9.17, 15) is 26.8 Å². The van der Waals surface area contributed by atoms with E-state index in [2.05, 4.69) is 5.32 Å². The van der Waals surface area contributed by atoms with Crippen LogP contribution in [0, 0.1) is 18.6 Å². The predicted octanol–water partition coefficient (Wildman–Crippen LogP) is 6.56. The van der Waals surface area contributed by atoms with Crippen LogP contribution >= 0.6 is 0 Å². The molecule has 1 aliphatic carbocycles. The second-order valence-corrected chi connectivity index (χ2v) is 13.9. The summed E-state index contributed by atoms with van der Waals surface area (Å²) in [5, 5.41) is 3.16. The Hall–Kier alpha value is -4.57. The molecule has 0 spiro atoms. The van der Waals surface area contributed by atoms with Crippen LogP contribution in [0.4, 0.5) is 14.5 Å². The molecule has 0 aliphatic heterocycles. The third kappa shape index (κ3) is 8.83. The number of carbonyl (C=O) groups is 2. The first-order valence-electron chi connectivity index (χ1n) is 15.8. The largest absolute Gasteiger partial charge is 0.352 e. The summed E-state index contributed by atoms with van der Waals surface area (Å²) in [6.45, 7) is 1.16. The highest BCUT2D eigenvalue weighted by Crippen LogP contribution is 2.26. The fourth-order valence-corrected chi connectivity index (χ4v) is 7.27. The fraction of sp³-hybridized carbons (Fsp3) is 0.297. The molecule has 246 valence electrons. The summed E-state index contributed by atoms with van der Waals surface area (Å²) in [6.07, 6.45) is 4.96. The number of nitrogens with one attached hydrogen (secondary N) is 1. The summed E-state index contributed by atoms with van der Waals surface area (Å²) in [6, 6.07) is 25.0. The first kappa shape index (κ1) is 33.8. The van der Waals surface area contributed by atoms with Gasteiger partial charge in [0.2, 0.25) is 11.8 Å². The smallest absolute Gasteiger partial charge is 0.264 e. The number of benzene rings is 4. The van der Waals surface area contributed by atoms with Crippen LogP contribution < -0.4 is 9.62 Å². The average Bonchev–Trinajstić information content (AvgIpc) is 3.07. The SMILES string of the molecule is Cc1ccc(N(CC(=O)N(Cc2ccc(F)cc2)C(Cc2ccccc2)C(=O)NC2CCCCC2)S(=O)(=O)c2ccc(F)cc2)cc1. The Balaban J connectivity index is 1.55. The summed E-state index contributed by atoms with van der Waals surface area (Å²) in [5.74, 6) is -2.00. The predicted molar refractivity (Wildman–Crippen MR) is 178 cm³/mol. The molecule has 1 saturated carbocycles. The minimum atomic E-state index is -4.35. The number of hydrogen-bond donors (Lipinski definition) is 1. The van der Waals surface area contributed by atoms with E-state index in [4.69, 9.17) is 0 Å². The van der Waals surface area contributed by atoms with Crippen molar-refractivity contribution in [2.45, 2.75) is 69.0 Å². The van der Waals surface area contributed by atoms with Gasteiger partial charge in [0.15, 0.2) is 0 Å². The molecular formula is C37H39F2N3O4S. The highest BCUT2D eigenvalue weighted by Gasteiger charge is 2.35. The van der Waals surface area contributed by atoms with Crippen molar-refractivity contribution in [2.75, 3.05) is 10.8 Å². The second kappa shape index (κ2) is 15.3. The highest BCUT2D eigenvalue weighted by atomic mass is 32.2. The van der Waals surface area contributed by atoms with Crippen LogP contribution in [0.25, 0.3) is 0 Å². The summed E-state index contributed by atoms with van der Waals surface area (Å²) >= 11 is 0. The van der Waals surface area contributed by atoms with E-state index in [0.29, 0.717) is 5.56 Å². The molecule has 1 fully saturated rings. The molecule has 7 nitrogen and oxygen atoms in total. The standard InChI is InChI=1S/C37H39F2N3O4S/c1-27-12-20-33(21-13-27)42(47(45,46)34-22-18-31(39)19-23-34)26-36(43)41(25-29-14-16-30(38)17-15-29)35(24-28-8-4-2-5-9-28)37(44)40-32-10-6-3-7-11-32/h2,4-5,8-9,12-23,32,35H,3,6-7,10-11,24-26H2,1H3,(H,40,44). The van der Waals surface area contributed by atoms with Crippen LogP contribution in [-0.2, 0) is 32.6 Å². The summed E-state index contributed by atoms with van der Waals surface area (Å²) in [7, 11) is -4.35. The van der Waals surface area contributed by atoms with Gasteiger partial charge in [0.25, 0.3) is 10.0 Å². The van der Waals surface area contributed by atoms with Gasteiger partial charge in [-0.05, 0) is 79.4 Å². The minimum absolute atomic E-state index is 0.0276. The van der Waals surface area contributed by atoms with Crippen LogP contribution in [0.5, 0.6) is 0 Å². The van der Waals surface area contributed by atoms with E-state index >= 15 is 0 Å². The fourth-order valence-electron chi connectivity index (χ4n) is 5.86. The van der Waals surface area contributed by atoms with Gasteiger partial charge in [-0.15, -0.1) is 0 Å². The number of amides is 2. The lowest BCUT2D eigenvalue weighted by molar-refractivity contribution is -0.140. The van der Waals surface area contributed by atoms with Crippen molar-refractivity contribution in [3.8, 4) is 0 Å². The van der Waals surface area contributed by atoms with Crippen molar-refractivity contribution in [2.24, 2.45) is 0 Å². The van der Waals surface area contributed by atoms with E-state index in [1.165, 1.54) is 17.0 Å². The van der Waals surface area contributed by atoms with Crippen molar-refractivity contribution in [1.82, 2.24) is 10.2 Å². The van der Waals surface area contributed by atoms with Crippen LogP contribution in [-0.4, -0.2) is 43.8 Å². The first-order chi connectivity index (χ1) is 22.6. The molecule has 1 atom stereocenters. The van der Waals surface area contributed by atoms with Gasteiger partial charge in [0.05, 0.1) is 10.6 Å². The number of anilines is 1. The quantitative estimate of drug-likeness (QED) is 0.187. The second-order valence-electron chi connectivity index (χ2n) is 12.0. The summed E-state index contributed by atoms with van der Waals surface area (Å²) in [4.78, 5) is 29.9. The Morgan fingerprint density at radius 3 is 2.00 bits per heavy atom. The molecule has 0 radical (unpaired) electrons. The van der Waals surface area contributed by atoms with E-state index in [-0.39, 0.29) is 35.5 Å². The van der Waals surface area contributed by atoms with Gasteiger partial charge in [-0.1, -0.05) is 79.4 Å². The van der Waals surface area contributed by atoms with E-state index < -0.39 is 40.2 Å². The molecule has 1 aliphatic rings. The maximum Gasteiger partial charge on any atom is 0.264 e. The molecular weight excluding hydrogens is 620 g/mol. The Kier molecular flexibility index (Phi) is 11.0. The zero-order valence-corrected chi connectivity index (χ0v) is 27.1. The van der Waals surface area contributed by atoms with Gasteiger partial charge in [-0.2, -0.15) is 0 Å². The molecule has 0 bridgehead atoms. The molecule has 47 heavy (non-hydrogen) atoms.